The number of nitrogens with one attached hydrogen (secondary N) is 1. The SMILES string of the molecule is CCCCc1ccc(NC(=O)N2CCC(CO)C2)cc1. The normalized spacial score (nSPS) is 18.3. The van der Waals surface area contributed by atoms with Gasteiger partial charge in [0.2, 0.25) is 0 Å². The molecule has 0 bridgehead atoms. The van der Waals surface area contributed by atoms with Gasteiger partial charge in [-0.3, -0.25) is 0 Å². The Hall–Kier alpha value is -1.55. The van der Waals surface area contributed by atoms with E-state index in [2.05, 4.69) is 24.4 Å². The van der Waals surface area contributed by atoms with E-state index in [1.165, 1.54) is 18.4 Å². The summed E-state index contributed by atoms with van der Waals surface area (Å²) in [5, 5.41) is 12.0. The van der Waals surface area contributed by atoms with Crippen LogP contribution < -0.4 is 5.32 Å². The van der Waals surface area contributed by atoms with Gasteiger partial charge in [0.05, 0.1) is 0 Å². The molecule has 1 aliphatic heterocycles. The predicted octanol–water partition coefficient (Wildman–Crippen LogP) is 2.88. The van der Waals surface area contributed by atoms with Crippen molar-refractivity contribution in [1.29, 1.82) is 0 Å². The molecule has 0 spiro atoms. The Labute approximate surface area is 120 Å². The smallest absolute Gasteiger partial charge is 0.321 e. The summed E-state index contributed by atoms with van der Waals surface area (Å²) in [5.41, 5.74) is 2.15. The molecule has 1 aromatic rings. The van der Waals surface area contributed by atoms with E-state index in [0.717, 1.165) is 25.1 Å². The van der Waals surface area contributed by atoms with E-state index in [4.69, 9.17) is 5.11 Å². The summed E-state index contributed by atoms with van der Waals surface area (Å²) in [4.78, 5) is 13.8. The minimum atomic E-state index is -0.0674. The van der Waals surface area contributed by atoms with E-state index in [9.17, 15) is 4.79 Å². The lowest BCUT2D eigenvalue weighted by atomic mass is 10.1. The van der Waals surface area contributed by atoms with Crippen LogP contribution in [0.2, 0.25) is 0 Å². The summed E-state index contributed by atoms with van der Waals surface area (Å²) in [6, 6.07) is 8.00. The maximum Gasteiger partial charge on any atom is 0.321 e. The Bertz CT molecular complexity index is 431. The zero-order valence-electron chi connectivity index (χ0n) is 12.1. The lowest BCUT2D eigenvalue weighted by Crippen LogP contribution is -2.33. The molecular weight excluding hydrogens is 252 g/mol. The third kappa shape index (κ3) is 3.97. The highest BCUT2D eigenvalue weighted by Gasteiger charge is 2.25. The van der Waals surface area contributed by atoms with Crippen LogP contribution in [0.15, 0.2) is 24.3 Å². The van der Waals surface area contributed by atoms with Crippen molar-refractivity contribution >= 4 is 11.7 Å². The van der Waals surface area contributed by atoms with E-state index in [0.29, 0.717) is 6.54 Å². The standard InChI is InChI=1S/C16H24N2O2/c1-2-3-4-13-5-7-15(8-6-13)17-16(20)18-10-9-14(11-18)12-19/h5-8,14,19H,2-4,9-12H2,1H3,(H,17,20). The van der Waals surface area contributed by atoms with E-state index < -0.39 is 0 Å². The quantitative estimate of drug-likeness (QED) is 0.869. The lowest BCUT2D eigenvalue weighted by molar-refractivity contribution is 0.209. The zero-order chi connectivity index (χ0) is 14.4. The molecule has 1 aromatic carbocycles. The minimum Gasteiger partial charge on any atom is -0.396 e. The molecule has 1 fully saturated rings. The van der Waals surface area contributed by atoms with Crippen LogP contribution in [-0.2, 0) is 6.42 Å². The van der Waals surface area contributed by atoms with Gasteiger partial charge in [-0.2, -0.15) is 0 Å². The average molecular weight is 276 g/mol. The third-order valence-corrected chi connectivity index (χ3v) is 3.86. The molecule has 1 unspecified atom stereocenters. The molecule has 0 aromatic heterocycles. The van der Waals surface area contributed by atoms with Gasteiger partial charge in [-0.05, 0) is 37.0 Å². The van der Waals surface area contributed by atoms with Gasteiger partial charge in [-0.15, -0.1) is 0 Å². The number of nitrogens with zero attached hydrogens (tertiary/aromatic N) is 1. The van der Waals surface area contributed by atoms with Gasteiger partial charge in [-0.1, -0.05) is 25.5 Å². The number of hydrogen-bond acceptors (Lipinski definition) is 2. The zero-order valence-corrected chi connectivity index (χ0v) is 12.1. The number of unbranched alkanes of at least 4 members (excludes halogenated alkanes) is 1. The molecule has 4 heteroatoms. The number of aryl methyl sites for hydroxylation is 1. The second kappa shape index (κ2) is 7.29. The molecule has 0 aliphatic carbocycles. The number of aliphatic hydroxyl groups excluding tert-OH is 1. The second-order valence-electron chi connectivity index (χ2n) is 5.51. The van der Waals surface area contributed by atoms with Crippen LogP contribution in [0.4, 0.5) is 10.5 Å². The summed E-state index contributed by atoms with van der Waals surface area (Å²) in [6.07, 6.45) is 4.37. The van der Waals surface area contributed by atoms with Crippen molar-refractivity contribution in [3.05, 3.63) is 29.8 Å². The van der Waals surface area contributed by atoms with Crippen molar-refractivity contribution < 1.29 is 9.90 Å². The van der Waals surface area contributed by atoms with Crippen LogP contribution in [0.3, 0.4) is 0 Å². The highest BCUT2D eigenvalue weighted by Crippen LogP contribution is 2.17. The van der Waals surface area contributed by atoms with Gasteiger partial charge in [-0.25, -0.2) is 4.79 Å². The van der Waals surface area contributed by atoms with Crippen molar-refractivity contribution in [3.63, 3.8) is 0 Å². The minimum absolute atomic E-state index is 0.0674. The van der Waals surface area contributed by atoms with Gasteiger partial charge in [0.1, 0.15) is 0 Å². The van der Waals surface area contributed by atoms with Crippen LogP contribution in [0.1, 0.15) is 31.7 Å². The third-order valence-electron chi connectivity index (χ3n) is 3.86. The molecule has 110 valence electrons. The van der Waals surface area contributed by atoms with E-state index in [1.807, 2.05) is 12.1 Å². The number of benzene rings is 1. The molecule has 2 N–H and O–H groups in total. The fourth-order valence-electron chi connectivity index (χ4n) is 2.50. The Balaban J connectivity index is 1.85. The molecule has 1 aliphatic rings. The molecular formula is C16H24N2O2. The lowest BCUT2D eigenvalue weighted by Gasteiger charge is -2.17. The number of hydrogen-bond donors (Lipinski definition) is 2. The molecule has 2 rings (SSSR count). The number of amides is 2. The van der Waals surface area contributed by atoms with Crippen LogP contribution >= 0.6 is 0 Å². The number of carbonyl (C=O) groups is 1. The number of urea groups is 1. The first-order chi connectivity index (χ1) is 9.72. The van der Waals surface area contributed by atoms with Crippen molar-refractivity contribution in [2.75, 3.05) is 25.0 Å². The monoisotopic (exact) mass is 276 g/mol. The van der Waals surface area contributed by atoms with Crippen molar-refractivity contribution in [2.24, 2.45) is 5.92 Å². The Morgan fingerprint density at radius 3 is 2.75 bits per heavy atom. The molecule has 20 heavy (non-hydrogen) atoms. The second-order valence-corrected chi connectivity index (χ2v) is 5.51. The average Bonchev–Trinajstić information content (AvgIpc) is 2.95. The number of anilines is 1. The molecule has 1 heterocycles. The molecule has 2 amide bonds. The van der Waals surface area contributed by atoms with E-state index in [1.54, 1.807) is 4.90 Å². The van der Waals surface area contributed by atoms with E-state index in [-0.39, 0.29) is 18.6 Å². The summed E-state index contributed by atoms with van der Waals surface area (Å²) in [6.45, 7) is 3.72. The van der Waals surface area contributed by atoms with Crippen LogP contribution in [0, 0.1) is 5.92 Å². The Morgan fingerprint density at radius 2 is 2.15 bits per heavy atom. The fourth-order valence-corrected chi connectivity index (χ4v) is 2.50. The highest BCUT2D eigenvalue weighted by molar-refractivity contribution is 5.89. The predicted molar refractivity (Wildman–Crippen MR) is 80.8 cm³/mol. The summed E-state index contributed by atoms with van der Waals surface area (Å²) in [7, 11) is 0. The topological polar surface area (TPSA) is 52.6 Å². The summed E-state index contributed by atoms with van der Waals surface area (Å²) in [5.74, 6) is 0.233. The number of rotatable bonds is 5. The van der Waals surface area contributed by atoms with Crippen molar-refractivity contribution in [1.82, 2.24) is 4.90 Å². The number of aliphatic hydroxyl groups is 1. The van der Waals surface area contributed by atoms with Gasteiger partial charge < -0.3 is 15.3 Å². The van der Waals surface area contributed by atoms with Crippen LogP contribution in [0.25, 0.3) is 0 Å². The first kappa shape index (κ1) is 14.9. The summed E-state index contributed by atoms with van der Waals surface area (Å²) >= 11 is 0. The van der Waals surface area contributed by atoms with Crippen molar-refractivity contribution in [2.45, 2.75) is 32.6 Å². The summed E-state index contributed by atoms with van der Waals surface area (Å²) < 4.78 is 0. The van der Waals surface area contributed by atoms with Gasteiger partial charge in [0.25, 0.3) is 0 Å². The first-order valence-corrected chi connectivity index (χ1v) is 7.48. The van der Waals surface area contributed by atoms with Gasteiger partial charge in [0, 0.05) is 31.3 Å². The van der Waals surface area contributed by atoms with E-state index >= 15 is 0 Å². The largest absolute Gasteiger partial charge is 0.396 e. The molecule has 0 radical (unpaired) electrons. The first-order valence-electron chi connectivity index (χ1n) is 7.48. The van der Waals surface area contributed by atoms with Gasteiger partial charge in [0.15, 0.2) is 0 Å². The molecule has 0 saturated carbocycles. The fraction of sp³-hybridized carbons (Fsp3) is 0.562. The van der Waals surface area contributed by atoms with Crippen molar-refractivity contribution in [3.8, 4) is 0 Å². The number of likely N-dealkylation sites (tertiary alicyclic amines) is 1. The maximum atomic E-state index is 12.1. The Morgan fingerprint density at radius 1 is 1.40 bits per heavy atom. The highest BCUT2D eigenvalue weighted by atomic mass is 16.3. The van der Waals surface area contributed by atoms with Crippen LogP contribution in [0.5, 0.6) is 0 Å². The number of carbonyl (C=O) groups excluding carboxylic acids is 1. The Kier molecular flexibility index (Phi) is 5.41. The molecule has 4 nitrogen and oxygen atoms in total. The van der Waals surface area contributed by atoms with Gasteiger partial charge >= 0.3 is 6.03 Å². The molecule has 1 saturated heterocycles. The molecule has 1 atom stereocenters. The van der Waals surface area contributed by atoms with Crippen LogP contribution in [-0.4, -0.2) is 35.7 Å². The maximum absolute atomic E-state index is 12.1.